The predicted molar refractivity (Wildman–Crippen MR) is 70.5 cm³/mol. The number of carboxylic acid groups (broad SMARTS) is 1. The molecule has 0 radical (unpaired) electrons. The van der Waals surface area contributed by atoms with E-state index in [1.165, 1.54) is 6.07 Å². The van der Waals surface area contributed by atoms with Crippen LogP contribution in [0.4, 0.5) is 13.2 Å². The number of hydrogen-bond acceptors (Lipinski definition) is 2. The number of alkyl halides is 3. The van der Waals surface area contributed by atoms with E-state index in [-0.39, 0.29) is 12.2 Å². The zero-order valence-corrected chi connectivity index (χ0v) is 11.7. The summed E-state index contributed by atoms with van der Waals surface area (Å²) in [5, 5.41) is 9.41. The van der Waals surface area contributed by atoms with Gasteiger partial charge in [0.15, 0.2) is 0 Å². The predicted octanol–water partition coefficient (Wildman–Crippen LogP) is 3.14. The van der Waals surface area contributed by atoms with E-state index in [1.807, 2.05) is 0 Å². The molecule has 7 heteroatoms. The molecular formula is C14H14F3NO3. The lowest BCUT2D eigenvalue weighted by atomic mass is 10.0. The second kappa shape index (κ2) is 4.98. The SMILES string of the molecule is COc1cc2c(CC(=O)O)c(C)n(C)c2cc1C(F)(F)F. The summed E-state index contributed by atoms with van der Waals surface area (Å²) in [6.45, 7) is 1.68. The highest BCUT2D eigenvalue weighted by Gasteiger charge is 2.35. The van der Waals surface area contributed by atoms with E-state index < -0.39 is 17.7 Å². The molecule has 4 nitrogen and oxygen atoms in total. The van der Waals surface area contributed by atoms with E-state index in [0.29, 0.717) is 22.2 Å². The Morgan fingerprint density at radius 2 is 2.00 bits per heavy atom. The van der Waals surface area contributed by atoms with Gasteiger partial charge in [-0.3, -0.25) is 4.79 Å². The summed E-state index contributed by atoms with van der Waals surface area (Å²) in [5.41, 5.74) is 0.567. The molecule has 0 aliphatic heterocycles. The number of nitrogens with zero attached hydrogens (tertiary/aromatic N) is 1. The van der Waals surface area contributed by atoms with Crippen LogP contribution in [0.15, 0.2) is 12.1 Å². The number of aliphatic carboxylic acids is 1. The minimum atomic E-state index is -4.54. The van der Waals surface area contributed by atoms with E-state index in [2.05, 4.69) is 0 Å². The third-order valence-electron chi connectivity index (χ3n) is 3.58. The maximum Gasteiger partial charge on any atom is 0.420 e. The molecule has 0 saturated heterocycles. The van der Waals surface area contributed by atoms with Crippen LogP contribution < -0.4 is 4.74 Å². The Bertz CT molecular complexity index is 717. The number of ether oxygens (including phenoxy) is 1. The van der Waals surface area contributed by atoms with Gasteiger partial charge in [0.05, 0.1) is 19.1 Å². The monoisotopic (exact) mass is 301 g/mol. The second-order valence-corrected chi connectivity index (χ2v) is 4.76. The van der Waals surface area contributed by atoms with Crippen molar-refractivity contribution in [2.24, 2.45) is 7.05 Å². The Morgan fingerprint density at radius 3 is 2.48 bits per heavy atom. The van der Waals surface area contributed by atoms with Crippen molar-refractivity contribution in [2.45, 2.75) is 19.5 Å². The van der Waals surface area contributed by atoms with Crippen LogP contribution in [0.1, 0.15) is 16.8 Å². The Balaban J connectivity index is 2.81. The van der Waals surface area contributed by atoms with Gasteiger partial charge >= 0.3 is 12.1 Å². The third-order valence-corrected chi connectivity index (χ3v) is 3.58. The first-order valence-electron chi connectivity index (χ1n) is 6.11. The number of benzene rings is 1. The molecule has 1 heterocycles. The van der Waals surface area contributed by atoms with Crippen molar-refractivity contribution in [3.63, 3.8) is 0 Å². The first-order chi connectivity index (χ1) is 9.66. The van der Waals surface area contributed by atoms with Crippen LogP contribution in [0, 0.1) is 6.92 Å². The van der Waals surface area contributed by atoms with Crippen LogP contribution in [-0.4, -0.2) is 22.8 Å². The van der Waals surface area contributed by atoms with Gasteiger partial charge in [-0.1, -0.05) is 0 Å². The lowest BCUT2D eigenvalue weighted by Gasteiger charge is -2.12. The number of halogens is 3. The molecular weight excluding hydrogens is 287 g/mol. The van der Waals surface area contributed by atoms with Crippen molar-refractivity contribution >= 4 is 16.9 Å². The molecule has 0 amide bonds. The van der Waals surface area contributed by atoms with E-state index in [4.69, 9.17) is 9.84 Å². The smallest absolute Gasteiger partial charge is 0.420 e. The molecule has 2 aromatic rings. The molecule has 0 unspecified atom stereocenters. The van der Waals surface area contributed by atoms with Crippen molar-refractivity contribution in [3.05, 3.63) is 29.0 Å². The summed E-state index contributed by atoms with van der Waals surface area (Å²) in [6, 6.07) is 2.25. The molecule has 0 saturated carbocycles. The highest BCUT2D eigenvalue weighted by molar-refractivity contribution is 5.91. The highest BCUT2D eigenvalue weighted by Crippen LogP contribution is 2.40. The molecule has 0 aliphatic carbocycles. The fourth-order valence-electron chi connectivity index (χ4n) is 2.43. The molecule has 1 aromatic carbocycles. The standard InChI is InChI=1S/C14H14F3NO3/c1-7-8(5-13(19)20)9-4-12(21-3)10(14(15,16)17)6-11(9)18(7)2/h4,6H,5H2,1-3H3,(H,19,20). The normalized spacial score (nSPS) is 11.9. The van der Waals surface area contributed by atoms with E-state index >= 15 is 0 Å². The average molecular weight is 301 g/mol. The Kier molecular flexibility index (Phi) is 3.61. The molecule has 0 bridgehead atoms. The van der Waals surface area contributed by atoms with Gasteiger partial charge in [-0.2, -0.15) is 13.2 Å². The number of methoxy groups -OCH3 is 1. The van der Waals surface area contributed by atoms with Crippen LogP contribution in [-0.2, 0) is 24.4 Å². The van der Waals surface area contributed by atoms with Crippen molar-refractivity contribution < 1.29 is 27.8 Å². The second-order valence-electron chi connectivity index (χ2n) is 4.76. The van der Waals surface area contributed by atoms with Crippen LogP contribution in [0.25, 0.3) is 10.9 Å². The number of aromatic nitrogens is 1. The lowest BCUT2D eigenvalue weighted by Crippen LogP contribution is -2.08. The quantitative estimate of drug-likeness (QED) is 0.947. The maximum atomic E-state index is 13.0. The summed E-state index contributed by atoms with van der Waals surface area (Å²) in [4.78, 5) is 10.9. The van der Waals surface area contributed by atoms with E-state index in [1.54, 1.807) is 18.5 Å². The number of fused-ring (bicyclic) bond motifs is 1. The summed E-state index contributed by atoms with van der Waals surface area (Å²) in [6.07, 6.45) is -4.79. The third kappa shape index (κ3) is 2.55. The molecule has 0 aliphatic rings. The molecule has 114 valence electrons. The molecule has 0 fully saturated rings. The number of carboxylic acids is 1. The molecule has 21 heavy (non-hydrogen) atoms. The molecule has 1 aromatic heterocycles. The lowest BCUT2D eigenvalue weighted by molar-refractivity contribution is -0.139. The fourth-order valence-corrected chi connectivity index (χ4v) is 2.43. The maximum absolute atomic E-state index is 13.0. The van der Waals surface area contributed by atoms with Crippen LogP contribution in [0.2, 0.25) is 0 Å². The minimum Gasteiger partial charge on any atom is -0.496 e. The van der Waals surface area contributed by atoms with Crippen molar-refractivity contribution in [1.82, 2.24) is 4.57 Å². The minimum absolute atomic E-state index is 0.252. The van der Waals surface area contributed by atoms with Gasteiger partial charge in [0, 0.05) is 23.6 Å². The van der Waals surface area contributed by atoms with Gasteiger partial charge in [0.1, 0.15) is 5.75 Å². The largest absolute Gasteiger partial charge is 0.496 e. The van der Waals surface area contributed by atoms with Crippen LogP contribution in [0.5, 0.6) is 5.75 Å². The van der Waals surface area contributed by atoms with E-state index in [9.17, 15) is 18.0 Å². The molecule has 0 spiro atoms. The van der Waals surface area contributed by atoms with Crippen molar-refractivity contribution in [1.29, 1.82) is 0 Å². The number of rotatable bonds is 3. The first-order valence-corrected chi connectivity index (χ1v) is 6.11. The summed E-state index contributed by atoms with van der Waals surface area (Å²) >= 11 is 0. The zero-order valence-electron chi connectivity index (χ0n) is 11.7. The van der Waals surface area contributed by atoms with Crippen molar-refractivity contribution in [3.8, 4) is 5.75 Å². The molecule has 0 atom stereocenters. The van der Waals surface area contributed by atoms with Gasteiger partial charge in [-0.05, 0) is 24.6 Å². The number of carbonyl (C=O) groups is 1. The summed E-state index contributed by atoms with van der Waals surface area (Å²) in [7, 11) is 2.76. The van der Waals surface area contributed by atoms with Gasteiger partial charge in [-0.15, -0.1) is 0 Å². The van der Waals surface area contributed by atoms with E-state index in [0.717, 1.165) is 13.2 Å². The number of hydrogen-bond donors (Lipinski definition) is 1. The summed E-state index contributed by atoms with van der Waals surface area (Å²) < 4.78 is 45.5. The Labute approximate surface area is 118 Å². The molecule has 1 N–H and O–H groups in total. The van der Waals surface area contributed by atoms with Gasteiger partial charge in [0.2, 0.25) is 0 Å². The zero-order chi connectivity index (χ0) is 15.9. The van der Waals surface area contributed by atoms with Gasteiger partial charge in [-0.25, -0.2) is 0 Å². The molecule has 2 rings (SSSR count). The topological polar surface area (TPSA) is 51.5 Å². The average Bonchev–Trinajstić information content (AvgIpc) is 2.61. The first kappa shape index (κ1) is 15.2. The number of aryl methyl sites for hydroxylation is 1. The Morgan fingerprint density at radius 1 is 1.38 bits per heavy atom. The van der Waals surface area contributed by atoms with Crippen LogP contribution >= 0.6 is 0 Å². The van der Waals surface area contributed by atoms with Crippen molar-refractivity contribution in [2.75, 3.05) is 7.11 Å². The Hall–Kier alpha value is -2.18. The summed E-state index contributed by atoms with van der Waals surface area (Å²) in [5.74, 6) is -1.35. The van der Waals surface area contributed by atoms with Crippen LogP contribution in [0.3, 0.4) is 0 Å². The fraction of sp³-hybridized carbons (Fsp3) is 0.357. The van der Waals surface area contributed by atoms with Gasteiger partial charge < -0.3 is 14.4 Å². The van der Waals surface area contributed by atoms with Gasteiger partial charge in [0.25, 0.3) is 0 Å². The highest BCUT2D eigenvalue weighted by atomic mass is 19.4.